The van der Waals surface area contributed by atoms with Crippen LogP contribution in [0.4, 0.5) is 0 Å². The van der Waals surface area contributed by atoms with Crippen LogP contribution >= 0.6 is 0 Å². The summed E-state index contributed by atoms with van der Waals surface area (Å²) in [5, 5.41) is 3.99. The summed E-state index contributed by atoms with van der Waals surface area (Å²) in [6.45, 7) is 3.02. The first-order chi connectivity index (χ1) is 10.1. The lowest BCUT2D eigenvalue weighted by Gasteiger charge is -2.30. The summed E-state index contributed by atoms with van der Waals surface area (Å²) in [7, 11) is 1.97. The van der Waals surface area contributed by atoms with Crippen molar-refractivity contribution in [2.24, 2.45) is 0 Å². The summed E-state index contributed by atoms with van der Waals surface area (Å²) in [6, 6.07) is 2.94. The zero-order valence-electron chi connectivity index (χ0n) is 13.0. The second-order valence-corrected chi connectivity index (χ2v) is 6.57. The Morgan fingerprint density at radius 2 is 1.95 bits per heavy atom. The first-order valence-corrected chi connectivity index (χ1v) is 8.05. The van der Waals surface area contributed by atoms with Crippen molar-refractivity contribution in [3.8, 4) is 0 Å². The van der Waals surface area contributed by atoms with Gasteiger partial charge in [0, 0.05) is 24.7 Å². The molecule has 2 fully saturated rings. The monoisotopic (exact) mass is 291 g/mol. The molecule has 0 radical (unpaired) electrons. The van der Waals surface area contributed by atoms with Gasteiger partial charge in [0.1, 0.15) is 5.76 Å². The van der Waals surface area contributed by atoms with Gasteiger partial charge in [0.15, 0.2) is 0 Å². The first-order valence-electron chi connectivity index (χ1n) is 8.05. The number of hydrogen-bond donors (Lipinski definition) is 0. The quantitative estimate of drug-likeness (QED) is 0.807. The summed E-state index contributed by atoms with van der Waals surface area (Å²) in [6.07, 6.45) is 7.30. The molecule has 2 saturated carbocycles. The molecule has 116 valence electrons. The molecule has 0 unspecified atom stereocenters. The number of hydrogen-bond acceptors (Lipinski definition) is 4. The van der Waals surface area contributed by atoms with Crippen LogP contribution in [0, 0.1) is 6.92 Å². The Morgan fingerprint density at radius 3 is 2.52 bits per heavy atom. The van der Waals surface area contributed by atoms with Crippen LogP contribution in [0.3, 0.4) is 0 Å². The fourth-order valence-corrected chi connectivity index (χ4v) is 3.38. The Kier molecular flexibility index (Phi) is 4.29. The molecule has 1 aromatic heterocycles. The first kappa shape index (κ1) is 14.6. The lowest BCUT2D eigenvalue weighted by molar-refractivity contribution is -0.135. The second kappa shape index (κ2) is 6.18. The smallest absolute Gasteiger partial charge is 0.237 e. The van der Waals surface area contributed by atoms with E-state index in [1.54, 1.807) is 0 Å². The summed E-state index contributed by atoms with van der Waals surface area (Å²) in [4.78, 5) is 16.9. The number of carbonyl (C=O) groups excluding carboxylic acids is 1. The number of amides is 1. The average molecular weight is 291 g/mol. The highest BCUT2D eigenvalue weighted by Gasteiger charge is 2.38. The Labute approximate surface area is 126 Å². The van der Waals surface area contributed by atoms with Crippen molar-refractivity contribution in [3.63, 3.8) is 0 Å². The van der Waals surface area contributed by atoms with E-state index in [0.717, 1.165) is 11.5 Å². The maximum Gasteiger partial charge on any atom is 0.237 e. The predicted molar refractivity (Wildman–Crippen MR) is 79.7 cm³/mol. The third-order valence-electron chi connectivity index (χ3n) is 4.46. The summed E-state index contributed by atoms with van der Waals surface area (Å²) >= 11 is 0. The largest absolute Gasteiger partial charge is 0.361 e. The van der Waals surface area contributed by atoms with E-state index < -0.39 is 0 Å². The van der Waals surface area contributed by atoms with Crippen LogP contribution in [0.2, 0.25) is 0 Å². The lowest BCUT2D eigenvalue weighted by atomic mass is 10.2. The number of aromatic nitrogens is 1. The molecular weight excluding hydrogens is 266 g/mol. The molecule has 1 aromatic rings. The number of rotatable bonds is 6. The van der Waals surface area contributed by atoms with Crippen molar-refractivity contribution in [1.29, 1.82) is 0 Å². The standard InChI is InChI=1S/C16H25N3O2/c1-12-9-13(17-21-12)10-18(2)11-16(20)19(15-7-8-15)14-5-3-4-6-14/h9,14-15H,3-8,10-11H2,1-2H3. The summed E-state index contributed by atoms with van der Waals surface area (Å²) < 4.78 is 5.08. The Morgan fingerprint density at radius 1 is 1.29 bits per heavy atom. The zero-order valence-corrected chi connectivity index (χ0v) is 13.0. The Bertz CT molecular complexity index is 489. The zero-order chi connectivity index (χ0) is 14.8. The molecule has 0 spiro atoms. The molecule has 5 nitrogen and oxygen atoms in total. The van der Waals surface area contributed by atoms with E-state index in [1.165, 1.54) is 38.5 Å². The van der Waals surface area contributed by atoms with Gasteiger partial charge in [0.2, 0.25) is 5.91 Å². The topological polar surface area (TPSA) is 49.6 Å². The van der Waals surface area contributed by atoms with Crippen LogP contribution in [0.1, 0.15) is 50.0 Å². The van der Waals surface area contributed by atoms with Gasteiger partial charge in [-0.15, -0.1) is 0 Å². The summed E-state index contributed by atoms with van der Waals surface area (Å²) in [5.41, 5.74) is 0.890. The van der Waals surface area contributed by atoms with E-state index in [1.807, 2.05) is 24.9 Å². The van der Waals surface area contributed by atoms with Crippen molar-refractivity contribution in [2.75, 3.05) is 13.6 Å². The number of nitrogens with zero attached hydrogens (tertiary/aromatic N) is 3. The van der Waals surface area contributed by atoms with Crippen LogP contribution in [-0.4, -0.2) is 46.5 Å². The maximum atomic E-state index is 12.7. The SMILES string of the molecule is Cc1cc(CN(C)CC(=O)N(C2CCCC2)C2CC2)no1. The van der Waals surface area contributed by atoms with Gasteiger partial charge in [-0.25, -0.2) is 0 Å². The van der Waals surface area contributed by atoms with E-state index in [-0.39, 0.29) is 5.91 Å². The highest BCUT2D eigenvalue weighted by Crippen LogP contribution is 2.34. The van der Waals surface area contributed by atoms with Crippen molar-refractivity contribution < 1.29 is 9.32 Å². The van der Waals surface area contributed by atoms with Crippen LogP contribution in [-0.2, 0) is 11.3 Å². The Hall–Kier alpha value is -1.36. The van der Waals surface area contributed by atoms with Crippen molar-refractivity contribution in [3.05, 3.63) is 17.5 Å². The second-order valence-electron chi connectivity index (χ2n) is 6.57. The van der Waals surface area contributed by atoms with Gasteiger partial charge in [-0.05, 0) is 39.7 Å². The molecule has 1 heterocycles. The molecule has 0 N–H and O–H groups in total. The van der Waals surface area contributed by atoms with E-state index in [2.05, 4.69) is 10.1 Å². The fourth-order valence-electron chi connectivity index (χ4n) is 3.38. The van der Waals surface area contributed by atoms with Crippen molar-refractivity contribution >= 4 is 5.91 Å². The highest BCUT2D eigenvalue weighted by atomic mass is 16.5. The van der Waals surface area contributed by atoms with E-state index >= 15 is 0 Å². The minimum atomic E-state index is 0.284. The molecule has 0 atom stereocenters. The van der Waals surface area contributed by atoms with Gasteiger partial charge in [0.05, 0.1) is 12.2 Å². The third-order valence-corrected chi connectivity index (χ3v) is 4.46. The van der Waals surface area contributed by atoms with Gasteiger partial charge in [-0.3, -0.25) is 9.69 Å². The summed E-state index contributed by atoms with van der Waals surface area (Å²) in [5.74, 6) is 1.10. The molecule has 1 amide bonds. The predicted octanol–water partition coefficient (Wildman–Crippen LogP) is 2.35. The molecule has 0 aliphatic heterocycles. The van der Waals surface area contributed by atoms with Gasteiger partial charge in [-0.2, -0.15) is 0 Å². The molecule has 0 aromatic carbocycles. The van der Waals surface area contributed by atoms with Gasteiger partial charge in [-0.1, -0.05) is 18.0 Å². The van der Waals surface area contributed by atoms with E-state index in [0.29, 0.717) is 25.2 Å². The van der Waals surface area contributed by atoms with Crippen molar-refractivity contribution in [1.82, 2.24) is 15.0 Å². The molecule has 21 heavy (non-hydrogen) atoms. The molecule has 3 rings (SSSR count). The van der Waals surface area contributed by atoms with Crippen LogP contribution in [0.25, 0.3) is 0 Å². The minimum Gasteiger partial charge on any atom is -0.361 e. The molecule has 2 aliphatic rings. The molecular formula is C16H25N3O2. The van der Waals surface area contributed by atoms with Gasteiger partial charge >= 0.3 is 0 Å². The average Bonchev–Trinajstić information content (AvgIpc) is 2.93. The van der Waals surface area contributed by atoms with Gasteiger partial charge < -0.3 is 9.42 Å². The molecule has 5 heteroatoms. The fraction of sp³-hybridized carbons (Fsp3) is 0.750. The Balaban J connectivity index is 1.55. The molecule has 0 saturated heterocycles. The van der Waals surface area contributed by atoms with Gasteiger partial charge in [0.25, 0.3) is 0 Å². The van der Waals surface area contributed by atoms with Crippen LogP contribution in [0.5, 0.6) is 0 Å². The number of carbonyl (C=O) groups is 1. The number of aryl methyl sites for hydroxylation is 1. The van der Waals surface area contributed by atoms with Crippen LogP contribution in [0.15, 0.2) is 10.6 Å². The normalized spacial score (nSPS) is 19.4. The highest BCUT2D eigenvalue weighted by molar-refractivity contribution is 5.79. The number of likely N-dealkylation sites (N-methyl/N-ethyl adjacent to an activating group) is 1. The van der Waals surface area contributed by atoms with Crippen molar-refractivity contribution in [2.45, 2.75) is 64.1 Å². The van der Waals surface area contributed by atoms with E-state index in [4.69, 9.17) is 4.52 Å². The maximum absolute atomic E-state index is 12.7. The third kappa shape index (κ3) is 3.64. The van der Waals surface area contributed by atoms with Crippen LogP contribution < -0.4 is 0 Å². The molecule has 2 aliphatic carbocycles. The van der Waals surface area contributed by atoms with E-state index in [9.17, 15) is 4.79 Å². The minimum absolute atomic E-state index is 0.284. The lowest BCUT2D eigenvalue weighted by Crippen LogP contribution is -2.45. The molecule has 0 bridgehead atoms.